The van der Waals surface area contributed by atoms with E-state index < -0.39 is 10.0 Å². The predicted molar refractivity (Wildman–Crippen MR) is 109 cm³/mol. The molecule has 0 radical (unpaired) electrons. The summed E-state index contributed by atoms with van der Waals surface area (Å²) in [6.45, 7) is 7.19. The van der Waals surface area contributed by atoms with E-state index in [0.29, 0.717) is 19.0 Å². The van der Waals surface area contributed by atoms with Crippen molar-refractivity contribution in [2.45, 2.75) is 45.6 Å². The van der Waals surface area contributed by atoms with Gasteiger partial charge in [-0.2, -0.15) is 0 Å². The number of aromatic nitrogens is 3. The van der Waals surface area contributed by atoms with Crippen LogP contribution in [0.2, 0.25) is 0 Å². The van der Waals surface area contributed by atoms with Crippen molar-refractivity contribution in [1.82, 2.24) is 19.4 Å². The van der Waals surface area contributed by atoms with Crippen molar-refractivity contribution < 1.29 is 12.9 Å². The molecule has 1 aromatic carbocycles. The second kappa shape index (κ2) is 6.97. The van der Waals surface area contributed by atoms with Crippen LogP contribution in [0.3, 0.4) is 0 Å². The van der Waals surface area contributed by atoms with Crippen LogP contribution in [0.25, 0.3) is 21.9 Å². The summed E-state index contributed by atoms with van der Waals surface area (Å²) in [6, 6.07) is 2.16. The predicted octanol–water partition coefficient (Wildman–Crippen LogP) is 3.04. The SMILES string of the molecule is Cc1cc2cnc(NC3CCN(S(C)(=O)=O)CC3)nc2c2c(C(C)C)noc12. The van der Waals surface area contributed by atoms with Gasteiger partial charge in [-0.1, -0.05) is 19.0 Å². The van der Waals surface area contributed by atoms with Crippen LogP contribution in [-0.4, -0.2) is 53.2 Å². The van der Waals surface area contributed by atoms with Crippen LogP contribution in [0.4, 0.5) is 5.95 Å². The Bertz CT molecular complexity index is 1130. The highest BCUT2D eigenvalue weighted by Crippen LogP contribution is 2.33. The molecule has 9 heteroatoms. The van der Waals surface area contributed by atoms with Crippen molar-refractivity contribution in [2.24, 2.45) is 0 Å². The lowest BCUT2D eigenvalue weighted by molar-refractivity contribution is 0.331. The van der Waals surface area contributed by atoms with E-state index in [0.717, 1.165) is 46.0 Å². The van der Waals surface area contributed by atoms with E-state index in [-0.39, 0.29) is 12.0 Å². The Morgan fingerprint density at radius 2 is 2.00 bits per heavy atom. The number of nitrogens with zero attached hydrogens (tertiary/aromatic N) is 4. The molecule has 1 N–H and O–H groups in total. The van der Waals surface area contributed by atoms with Crippen LogP contribution in [0.1, 0.15) is 43.9 Å². The van der Waals surface area contributed by atoms with Crippen molar-refractivity contribution in [2.75, 3.05) is 24.7 Å². The lowest BCUT2D eigenvalue weighted by Gasteiger charge is -2.30. The third-order valence-electron chi connectivity index (χ3n) is 5.31. The number of hydrogen-bond acceptors (Lipinski definition) is 7. The van der Waals surface area contributed by atoms with Crippen molar-refractivity contribution in [3.05, 3.63) is 23.5 Å². The molecule has 0 spiro atoms. The van der Waals surface area contributed by atoms with Gasteiger partial charge in [-0.3, -0.25) is 0 Å². The van der Waals surface area contributed by atoms with Gasteiger partial charge in [-0.25, -0.2) is 22.7 Å². The summed E-state index contributed by atoms with van der Waals surface area (Å²) in [5.74, 6) is 0.768. The number of rotatable bonds is 4. The lowest BCUT2D eigenvalue weighted by atomic mass is 10.0. The quantitative estimate of drug-likeness (QED) is 0.714. The normalized spacial score (nSPS) is 17.0. The first-order valence-electron chi connectivity index (χ1n) is 9.51. The molecule has 0 aliphatic carbocycles. The minimum absolute atomic E-state index is 0.142. The van der Waals surface area contributed by atoms with E-state index in [4.69, 9.17) is 9.51 Å². The number of fused-ring (bicyclic) bond motifs is 3. The second-order valence-electron chi connectivity index (χ2n) is 7.83. The molecule has 4 rings (SSSR count). The van der Waals surface area contributed by atoms with Gasteiger partial charge in [0.15, 0.2) is 5.58 Å². The Kier molecular flexibility index (Phi) is 4.75. The Balaban J connectivity index is 1.65. The first-order chi connectivity index (χ1) is 13.2. The molecular weight excluding hydrogens is 378 g/mol. The molecule has 3 heterocycles. The van der Waals surface area contributed by atoms with Gasteiger partial charge in [-0.05, 0) is 37.3 Å². The molecule has 28 heavy (non-hydrogen) atoms. The minimum atomic E-state index is -3.13. The zero-order valence-electron chi connectivity index (χ0n) is 16.6. The number of anilines is 1. The molecule has 0 amide bonds. The van der Waals surface area contributed by atoms with Gasteiger partial charge in [0, 0.05) is 30.7 Å². The Morgan fingerprint density at radius 3 is 2.64 bits per heavy atom. The molecule has 150 valence electrons. The first-order valence-corrected chi connectivity index (χ1v) is 11.4. The van der Waals surface area contributed by atoms with E-state index in [2.05, 4.69) is 29.3 Å². The number of hydrogen-bond donors (Lipinski definition) is 1. The van der Waals surface area contributed by atoms with Gasteiger partial charge < -0.3 is 9.84 Å². The van der Waals surface area contributed by atoms with E-state index in [1.54, 1.807) is 0 Å². The number of piperidine rings is 1. The molecule has 1 saturated heterocycles. The van der Waals surface area contributed by atoms with Crippen LogP contribution in [0, 0.1) is 6.92 Å². The third kappa shape index (κ3) is 3.44. The molecule has 1 aliphatic heterocycles. The largest absolute Gasteiger partial charge is 0.356 e. The number of aryl methyl sites for hydroxylation is 1. The molecule has 1 fully saturated rings. The average molecular weight is 404 g/mol. The molecule has 8 nitrogen and oxygen atoms in total. The molecular formula is C19H25N5O3S. The smallest absolute Gasteiger partial charge is 0.223 e. The van der Waals surface area contributed by atoms with Crippen LogP contribution >= 0.6 is 0 Å². The van der Waals surface area contributed by atoms with Gasteiger partial charge in [-0.15, -0.1) is 0 Å². The van der Waals surface area contributed by atoms with Crippen molar-refractivity contribution >= 4 is 37.8 Å². The summed E-state index contributed by atoms with van der Waals surface area (Å²) in [4.78, 5) is 9.24. The number of benzene rings is 1. The van der Waals surface area contributed by atoms with Crippen LogP contribution in [0.5, 0.6) is 0 Å². The first kappa shape index (κ1) is 19.1. The van der Waals surface area contributed by atoms with Gasteiger partial charge in [0.05, 0.1) is 22.9 Å². The standard InChI is InChI=1S/C19H25N5O3S/c1-11(2)16-15-17-13(9-12(3)18(15)27-23-16)10-20-19(22-17)21-14-5-7-24(8-6-14)28(4,25)26/h9-11,14H,5-8H2,1-4H3,(H,20,21,22). The topological polar surface area (TPSA) is 101 Å². The van der Waals surface area contributed by atoms with E-state index in [9.17, 15) is 8.42 Å². The summed E-state index contributed by atoms with van der Waals surface area (Å²) in [6.07, 6.45) is 4.52. The summed E-state index contributed by atoms with van der Waals surface area (Å²) >= 11 is 0. The maximum atomic E-state index is 11.7. The van der Waals surface area contributed by atoms with Crippen molar-refractivity contribution in [3.63, 3.8) is 0 Å². The van der Waals surface area contributed by atoms with Crippen molar-refractivity contribution in [3.8, 4) is 0 Å². The second-order valence-corrected chi connectivity index (χ2v) is 9.81. The highest BCUT2D eigenvalue weighted by Gasteiger charge is 2.25. The van der Waals surface area contributed by atoms with E-state index in [1.165, 1.54) is 10.6 Å². The highest BCUT2D eigenvalue weighted by molar-refractivity contribution is 7.88. The van der Waals surface area contributed by atoms with Crippen LogP contribution < -0.4 is 5.32 Å². The van der Waals surface area contributed by atoms with E-state index >= 15 is 0 Å². The molecule has 3 aromatic rings. The van der Waals surface area contributed by atoms with Gasteiger partial charge in [0.2, 0.25) is 16.0 Å². The lowest BCUT2D eigenvalue weighted by Crippen LogP contribution is -2.42. The molecule has 0 bridgehead atoms. The minimum Gasteiger partial charge on any atom is -0.356 e. The zero-order chi connectivity index (χ0) is 20.1. The van der Waals surface area contributed by atoms with Crippen LogP contribution in [0.15, 0.2) is 16.8 Å². The van der Waals surface area contributed by atoms with E-state index in [1.807, 2.05) is 19.2 Å². The average Bonchev–Trinajstić information content (AvgIpc) is 3.08. The Labute approximate surface area is 164 Å². The fourth-order valence-electron chi connectivity index (χ4n) is 3.77. The summed E-state index contributed by atoms with van der Waals surface area (Å²) in [5.41, 5.74) is 3.51. The maximum Gasteiger partial charge on any atom is 0.223 e. The number of sulfonamides is 1. The number of nitrogens with one attached hydrogen (secondary N) is 1. The summed E-state index contributed by atoms with van der Waals surface area (Å²) in [5, 5.41) is 9.53. The molecule has 0 atom stereocenters. The zero-order valence-corrected chi connectivity index (χ0v) is 17.4. The van der Waals surface area contributed by atoms with Crippen molar-refractivity contribution in [1.29, 1.82) is 0 Å². The summed E-state index contributed by atoms with van der Waals surface area (Å²) < 4.78 is 30.5. The molecule has 0 unspecified atom stereocenters. The van der Waals surface area contributed by atoms with Gasteiger partial charge >= 0.3 is 0 Å². The Hall–Kier alpha value is -2.26. The Morgan fingerprint density at radius 1 is 1.29 bits per heavy atom. The van der Waals surface area contributed by atoms with Crippen LogP contribution in [-0.2, 0) is 10.0 Å². The fourth-order valence-corrected chi connectivity index (χ4v) is 4.65. The highest BCUT2D eigenvalue weighted by atomic mass is 32.2. The summed E-state index contributed by atoms with van der Waals surface area (Å²) in [7, 11) is -3.13. The molecule has 0 saturated carbocycles. The van der Waals surface area contributed by atoms with Gasteiger partial charge in [0.25, 0.3) is 0 Å². The maximum absolute atomic E-state index is 11.7. The molecule has 1 aliphatic rings. The monoisotopic (exact) mass is 403 g/mol. The molecule has 2 aromatic heterocycles. The fraction of sp³-hybridized carbons (Fsp3) is 0.526. The third-order valence-corrected chi connectivity index (χ3v) is 6.61. The van der Waals surface area contributed by atoms with Gasteiger partial charge in [0.1, 0.15) is 0 Å².